The van der Waals surface area contributed by atoms with E-state index in [1.165, 1.54) is 59.9 Å². The number of amides is 2. The maximum absolute atomic E-state index is 14.7. The number of hydrogen-bond donors (Lipinski definition) is 0. The van der Waals surface area contributed by atoms with Crippen LogP contribution in [-0.2, 0) is 19.6 Å². The highest BCUT2D eigenvalue weighted by atomic mass is 35.5. The zero-order valence-corrected chi connectivity index (χ0v) is 28.2. The van der Waals surface area contributed by atoms with Crippen molar-refractivity contribution in [3.05, 3.63) is 128 Å². The second-order valence-electron chi connectivity index (χ2n) is 11.4. The minimum absolute atomic E-state index is 0.0151. The van der Waals surface area contributed by atoms with Crippen LogP contribution < -0.4 is 9.86 Å². The van der Waals surface area contributed by atoms with Crippen molar-refractivity contribution in [2.75, 3.05) is 37.6 Å². The average Bonchev–Trinajstić information content (AvgIpc) is 3.45. The summed E-state index contributed by atoms with van der Waals surface area (Å²) >= 11 is 12.5. The third-order valence-corrected chi connectivity index (χ3v) is 10.9. The summed E-state index contributed by atoms with van der Waals surface area (Å²) in [5, 5.41) is 0.859. The Kier molecular flexibility index (Phi) is 9.08. The highest BCUT2D eigenvalue weighted by Gasteiger charge is 2.48. The number of carbonyl (C=O) groups excluding carboxylic acids is 3. The molecule has 1 saturated heterocycles. The monoisotopic (exact) mass is 708 g/mol. The zero-order valence-electron chi connectivity index (χ0n) is 25.9. The van der Waals surface area contributed by atoms with Gasteiger partial charge in [0.1, 0.15) is 11.4 Å². The number of rotatable bonds is 6. The molecule has 2 aliphatic heterocycles. The van der Waals surface area contributed by atoms with Crippen molar-refractivity contribution in [1.82, 2.24) is 14.4 Å². The van der Waals surface area contributed by atoms with Crippen LogP contribution in [0.3, 0.4) is 0 Å². The Labute approximate surface area is 286 Å². The highest BCUT2D eigenvalue weighted by Crippen LogP contribution is 2.49. The standard InChI is InChI=1S/C34H30Cl2N4O7S/c1-21(41)37-16-18-38(19-17-37)32(42)28-14-15-29-39(33(28)43)30(22-6-10-25(35)11-7-22)31(23-8-12-26(36)13-9-23)40(29)48(45,46)27-5-3-4-24(20-27)34(44)47-2/h3-15,20,30-31H,16-19H2,1-2H3. The first-order valence-electron chi connectivity index (χ1n) is 15.0. The molecule has 4 aromatic rings. The van der Waals surface area contributed by atoms with Gasteiger partial charge in [0, 0.05) is 43.1 Å². The number of methoxy groups -OCH3 is 1. The van der Waals surface area contributed by atoms with E-state index < -0.39 is 39.5 Å². The SMILES string of the molecule is COC(=O)c1cccc(S(=O)(=O)N2c3ccc(C(=O)N4CCN(C(C)=O)CC4)c(=O)n3C(c3ccc(Cl)cc3)C2c2ccc(Cl)cc2)c1. The quantitative estimate of drug-likeness (QED) is 0.264. The lowest BCUT2D eigenvalue weighted by Gasteiger charge is -2.34. The van der Waals surface area contributed by atoms with Gasteiger partial charge >= 0.3 is 5.97 Å². The summed E-state index contributed by atoms with van der Waals surface area (Å²) in [7, 11) is -3.29. The Morgan fingerprint density at radius 3 is 1.90 bits per heavy atom. The molecule has 6 rings (SSSR count). The van der Waals surface area contributed by atoms with Crippen LogP contribution in [0.1, 0.15) is 50.9 Å². The second-order valence-corrected chi connectivity index (χ2v) is 14.1. The van der Waals surface area contributed by atoms with Gasteiger partial charge in [0.05, 0.1) is 29.7 Å². The van der Waals surface area contributed by atoms with Crippen LogP contribution in [0.4, 0.5) is 5.82 Å². The predicted molar refractivity (Wildman–Crippen MR) is 180 cm³/mol. The van der Waals surface area contributed by atoms with Gasteiger partial charge in [-0.15, -0.1) is 0 Å². The van der Waals surface area contributed by atoms with Crippen LogP contribution in [0.25, 0.3) is 0 Å². The summed E-state index contributed by atoms with van der Waals surface area (Å²) in [5.74, 6) is -1.33. The van der Waals surface area contributed by atoms with Crippen molar-refractivity contribution in [2.45, 2.75) is 23.9 Å². The smallest absolute Gasteiger partial charge is 0.337 e. The van der Waals surface area contributed by atoms with Crippen LogP contribution in [0, 0.1) is 0 Å². The third-order valence-electron chi connectivity index (χ3n) is 8.63. The first kappa shape index (κ1) is 33.3. The Hall–Kier alpha value is -4.65. The maximum Gasteiger partial charge on any atom is 0.337 e. The third kappa shape index (κ3) is 5.95. The molecule has 3 heterocycles. The van der Waals surface area contributed by atoms with E-state index in [1.807, 2.05) is 0 Å². The van der Waals surface area contributed by atoms with Crippen LogP contribution >= 0.6 is 23.2 Å². The summed E-state index contributed by atoms with van der Waals surface area (Å²) < 4.78 is 36.7. The number of piperazine rings is 1. The van der Waals surface area contributed by atoms with E-state index in [1.54, 1.807) is 53.4 Å². The van der Waals surface area contributed by atoms with Crippen molar-refractivity contribution in [1.29, 1.82) is 0 Å². The molecular weight excluding hydrogens is 679 g/mol. The summed E-state index contributed by atoms with van der Waals surface area (Å²) in [4.78, 5) is 55.5. The van der Waals surface area contributed by atoms with E-state index in [0.29, 0.717) is 34.3 Å². The number of nitrogens with zero attached hydrogens (tertiary/aromatic N) is 4. The van der Waals surface area contributed by atoms with Gasteiger partial charge in [0.2, 0.25) is 5.91 Å². The van der Waals surface area contributed by atoms with E-state index in [4.69, 9.17) is 27.9 Å². The molecule has 2 atom stereocenters. The Morgan fingerprint density at radius 2 is 1.33 bits per heavy atom. The molecule has 0 bridgehead atoms. The van der Waals surface area contributed by atoms with Crippen molar-refractivity contribution in [2.24, 2.45) is 0 Å². The van der Waals surface area contributed by atoms with Crippen molar-refractivity contribution < 1.29 is 27.5 Å². The Bertz CT molecular complexity index is 2080. The summed E-state index contributed by atoms with van der Waals surface area (Å²) in [6.45, 7) is 2.60. The first-order chi connectivity index (χ1) is 22.9. The number of halogens is 2. The molecule has 2 unspecified atom stereocenters. The van der Waals surface area contributed by atoms with Gasteiger partial charge in [0.15, 0.2) is 0 Å². The lowest BCUT2D eigenvalue weighted by Crippen LogP contribution is -2.51. The lowest BCUT2D eigenvalue weighted by molar-refractivity contribution is -0.130. The number of carbonyl (C=O) groups is 3. The minimum Gasteiger partial charge on any atom is -0.465 e. The number of ether oxygens (including phenoxy) is 1. The topological polar surface area (TPSA) is 126 Å². The van der Waals surface area contributed by atoms with E-state index in [-0.39, 0.29) is 40.8 Å². The van der Waals surface area contributed by atoms with Gasteiger partial charge in [-0.1, -0.05) is 53.5 Å². The number of aromatic nitrogens is 1. The Balaban J connectivity index is 1.56. The molecule has 2 amide bonds. The predicted octanol–water partition coefficient (Wildman–Crippen LogP) is 4.79. The molecule has 11 nitrogen and oxygen atoms in total. The molecule has 0 N–H and O–H groups in total. The van der Waals surface area contributed by atoms with Crippen LogP contribution in [0.2, 0.25) is 10.0 Å². The fourth-order valence-corrected chi connectivity index (χ4v) is 8.15. The van der Waals surface area contributed by atoms with Gasteiger partial charge in [0.25, 0.3) is 21.5 Å². The molecule has 0 spiro atoms. The van der Waals surface area contributed by atoms with E-state index in [9.17, 15) is 27.6 Å². The van der Waals surface area contributed by atoms with Crippen molar-refractivity contribution in [3.8, 4) is 0 Å². The molecule has 1 fully saturated rings. The second kappa shape index (κ2) is 13.1. The molecule has 14 heteroatoms. The number of sulfonamides is 1. The fourth-order valence-electron chi connectivity index (χ4n) is 6.22. The number of pyridine rings is 1. The number of hydrogen-bond acceptors (Lipinski definition) is 7. The van der Waals surface area contributed by atoms with Gasteiger partial charge in [-0.05, 0) is 65.7 Å². The van der Waals surface area contributed by atoms with Crippen LogP contribution in [0.15, 0.2) is 94.6 Å². The van der Waals surface area contributed by atoms with Gasteiger partial charge in [-0.25, -0.2) is 17.5 Å². The maximum atomic E-state index is 14.7. The average molecular weight is 710 g/mol. The normalized spacial score (nSPS) is 17.6. The fraction of sp³-hybridized carbons (Fsp3) is 0.235. The molecule has 0 saturated carbocycles. The van der Waals surface area contributed by atoms with Gasteiger partial charge < -0.3 is 14.5 Å². The van der Waals surface area contributed by atoms with Crippen molar-refractivity contribution >= 4 is 56.8 Å². The summed E-state index contributed by atoms with van der Waals surface area (Å²) in [6, 6.07) is 19.5. The largest absolute Gasteiger partial charge is 0.465 e. The highest BCUT2D eigenvalue weighted by molar-refractivity contribution is 7.92. The molecule has 1 aromatic heterocycles. The minimum atomic E-state index is -4.48. The first-order valence-corrected chi connectivity index (χ1v) is 17.2. The van der Waals surface area contributed by atoms with Gasteiger partial charge in [-0.2, -0.15) is 0 Å². The summed E-state index contributed by atoms with van der Waals surface area (Å²) in [5.41, 5.74) is 0.271. The van der Waals surface area contributed by atoms with Crippen molar-refractivity contribution in [3.63, 3.8) is 0 Å². The molecule has 0 aliphatic carbocycles. The number of anilines is 1. The molecule has 248 valence electrons. The van der Waals surface area contributed by atoms with Crippen LogP contribution in [-0.4, -0.2) is 73.9 Å². The van der Waals surface area contributed by atoms with E-state index >= 15 is 0 Å². The molecule has 0 radical (unpaired) electrons. The summed E-state index contributed by atoms with van der Waals surface area (Å²) in [6.07, 6.45) is 0. The Morgan fingerprint density at radius 1 is 0.771 bits per heavy atom. The van der Waals surface area contributed by atoms with E-state index in [2.05, 4.69) is 0 Å². The number of benzene rings is 3. The van der Waals surface area contributed by atoms with Crippen LogP contribution in [0.5, 0.6) is 0 Å². The molecule has 3 aromatic carbocycles. The molecule has 2 aliphatic rings. The van der Waals surface area contributed by atoms with E-state index in [0.717, 1.165) is 4.31 Å². The molecule has 48 heavy (non-hydrogen) atoms. The molecular formula is C34H30Cl2N4O7S. The number of fused-ring (bicyclic) bond motifs is 1. The number of esters is 1. The zero-order chi connectivity index (χ0) is 34.3. The lowest BCUT2D eigenvalue weighted by atomic mass is 9.94. The van der Waals surface area contributed by atoms with Gasteiger partial charge in [-0.3, -0.25) is 19.0 Å².